The summed E-state index contributed by atoms with van der Waals surface area (Å²) in [6.45, 7) is 3.69. The van der Waals surface area contributed by atoms with Crippen LogP contribution in [0, 0.1) is 5.82 Å². The van der Waals surface area contributed by atoms with E-state index >= 15 is 0 Å². The van der Waals surface area contributed by atoms with Crippen molar-refractivity contribution in [1.82, 2.24) is 5.43 Å². The predicted molar refractivity (Wildman–Crippen MR) is 62.0 cm³/mol. The number of thiophene rings is 1. The maximum atomic E-state index is 13.0. The summed E-state index contributed by atoms with van der Waals surface area (Å²) >= 11 is 1.58. The molecular formula is C11H11FN2S. The van der Waals surface area contributed by atoms with Crippen molar-refractivity contribution in [3.8, 4) is 0 Å². The summed E-state index contributed by atoms with van der Waals surface area (Å²) in [5.74, 6) is 5.16. The van der Waals surface area contributed by atoms with E-state index in [1.165, 1.54) is 12.1 Å². The molecule has 2 rings (SSSR count). The molecule has 1 heterocycles. The first-order valence-corrected chi connectivity index (χ1v) is 5.34. The Labute approximate surface area is 91.2 Å². The van der Waals surface area contributed by atoms with Crippen molar-refractivity contribution in [2.24, 2.45) is 5.84 Å². The molecule has 0 amide bonds. The number of hydrogen-bond donors (Lipinski definition) is 2. The smallest absolute Gasteiger partial charge is 0.123 e. The number of nitrogens with one attached hydrogen (secondary N) is 1. The Hall–Kier alpha value is -1.23. The zero-order valence-corrected chi connectivity index (χ0v) is 8.85. The highest BCUT2D eigenvalue weighted by Gasteiger charge is 2.09. The Morgan fingerprint density at radius 2 is 2.27 bits per heavy atom. The Kier molecular flexibility index (Phi) is 2.81. The third-order valence-corrected chi connectivity index (χ3v) is 3.42. The Morgan fingerprint density at radius 3 is 2.93 bits per heavy atom. The molecule has 1 unspecified atom stereocenters. The van der Waals surface area contributed by atoms with Crippen molar-refractivity contribution >= 4 is 21.4 Å². The van der Waals surface area contributed by atoms with Gasteiger partial charge in [0.1, 0.15) is 5.82 Å². The van der Waals surface area contributed by atoms with Gasteiger partial charge in [0.15, 0.2) is 0 Å². The third-order valence-electron chi connectivity index (χ3n) is 2.22. The molecule has 2 nitrogen and oxygen atoms in total. The summed E-state index contributed by atoms with van der Waals surface area (Å²) in [5.41, 5.74) is 2.64. The average Bonchev–Trinajstić information content (AvgIpc) is 2.62. The maximum Gasteiger partial charge on any atom is 0.123 e. The number of rotatable bonds is 3. The summed E-state index contributed by atoms with van der Waals surface area (Å²) in [6, 6.07) is 6.60. The SMILES string of the molecule is C=CC(NN)c1cc2cc(F)ccc2s1. The lowest BCUT2D eigenvalue weighted by Gasteiger charge is -2.06. The van der Waals surface area contributed by atoms with Crippen LogP contribution in [0.2, 0.25) is 0 Å². The molecule has 0 saturated heterocycles. The van der Waals surface area contributed by atoms with Crippen LogP contribution in [-0.2, 0) is 0 Å². The quantitative estimate of drug-likeness (QED) is 0.476. The number of nitrogens with two attached hydrogens (primary N) is 1. The zero-order chi connectivity index (χ0) is 10.8. The van der Waals surface area contributed by atoms with Crippen molar-refractivity contribution in [3.63, 3.8) is 0 Å². The molecule has 0 radical (unpaired) electrons. The predicted octanol–water partition coefficient (Wildman–Crippen LogP) is 2.73. The minimum Gasteiger partial charge on any atom is -0.271 e. The molecule has 1 aromatic heterocycles. The fourth-order valence-electron chi connectivity index (χ4n) is 1.45. The molecule has 3 N–H and O–H groups in total. The van der Waals surface area contributed by atoms with Gasteiger partial charge in [-0.3, -0.25) is 5.84 Å². The van der Waals surface area contributed by atoms with Gasteiger partial charge in [-0.2, -0.15) is 0 Å². The van der Waals surface area contributed by atoms with Gasteiger partial charge >= 0.3 is 0 Å². The largest absolute Gasteiger partial charge is 0.271 e. The minimum atomic E-state index is -0.220. The van der Waals surface area contributed by atoms with E-state index in [1.54, 1.807) is 23.5 Å². The molecule has 78 valence electrons. The van der Waals surface area contributed by atoms with E-state index in [0.29, 0.717) is 0 Å². The van der Waals surface area contributed by atoms with Crippen LogP contribution >= 0.6 is 11.3 Å². The van der Waals surface area contributed by atoms with Gasteiger partial charge in [-0.1, -0.05) is 6.08 Å². The van der Waals surface area contributed by atoms with Gasteiger partial charge in [0.05, 0.1) is 6.04 Å². The first-order chi connectivity index (χ1) is 7.24. The van der Waals surface area contributed by atoms with E-state index < -0.39 is 0 Å². The van der Waals surface area contributed by atoms with Crippen LogP contribution in [0.5, 0.6) is 0 Å². The lowest BCUT2D eigenvalue weighted by molar-refractivity contribution is 0.630. The normalized spacial score (nSPS) is 12.9. The lowest BCUT2D eigenvalue weighted by atomic mass is 10.2. The second-order valence-corrected chi connectivity index (χ2v) is 4.33. The molecule has 0 spiro atoms. The minimum absolute atomic E-state index is 0.0783. The second kappa shape index (κ2) is 4.10. The van der Waals surface area contributed by atoms with Gasteiger partial charge in [-0.25, -0.2) is 9.82 Å². The molecule has 0 bridgehead atoms. The van der Waals surface area contributed by atoms with Crippen LogP contribution in [0.25, 0.3) is 10.1 Å². The van der Waals surface area contributed by atoms with Gasteiger partial charge in [0, 0.05) is 9.58 Å². The highest BCUT2D eigenvalue weighted by Crippen LogP contribution is 2.30. The van der Waals surface area contributed by atoms with Crippen LogP contribution in [-0.4, -0.2) is 0 Å². The topological polar surface area (TPSA) is 38.0 Å². The van der Waals surface area contributed by atoms with Crippen molar-refractivity contribution in [2.45, 2.75) is 6.04 Å². The summed E-state index contributed by atoms with van der Waals surface area (Å²) in [7, 11) is 0. The molecule has 2 aromatic rings. The molecule has 0 aliphatic rings. The van der Waals surface area contributed by atoms with Gasteiger partial charge in [0.2, 0.25) is 0 Å². The fourth-order valence-corrected chi connectivity index (χ4v) is 2.56. The molecule has 0 saturated carbocycles. The Balaban J connectivity index is 2.50. The number of benzene rings is 1. The summed E-state index contributed by atoms with van der Waals surface area (Å²) < 4.78 is 14.0. The van der Waals surface area contributed by atoms with E-state index in [9.17, 15) is 4.39 Å². The Morgan fingerprint density at radius 1 is 1.47 bits per heavy atom. The van der Waals surface area contributed by atoms with E-state index in [1.807, 2.05) is 6.07 Å². The Bertz CT molecular complexity index is 492. The van der Waals surface area contributed by atoms with Crippen LogP contribution < -0.4 is 11.3 Å². The first kappa shape index (κ1) is 10.3. The third kappa shape index (κ3) is 1.92. The highest BCUT2D eigenvalue weighted by atomic mass is 32.1. The van der Waals surface area contributed by atoms with E-state index in [0.717, 1.165) is 15.0 Å². The molecule has 1 aromatic carbocycles. The van der Waals surface area contributed by atoms with Crippen LogP contribution in [0.3, 0.4) is 0 Å². The monoisotopic (exact) mass is 222 g/mol. The molecule has 0 aliphatic heterocycles. The average molecular weight is 222 g/mol. The van der Waals surface area contributed by atoms with Gasteiger partial charge in [0.25, 0.3) is 0 Å². The first-order valence-electron chi connectivity index (χ1n) is 4.52. The van der Waals surface area contributed by atoms with Crippen molar-refractivity contribution in [2.75, 3.05) is 0 Å². The zero-order valence-electron chi connectivity index (χ0n) is 8.03. The summed E-state index contributed by atoms with van der Waals surface area (Å²) in [5, 5.41) is 0.900. The standard InChI is InChI=1S/C11H11FN2S/c1-2-9(14-13)11-6-7-5-8(12)3-4-10(7)15-11/h2-6,9,14H,1,13H2. The number of hydrazine groups is 1. The van der Waals surface area contributed by atoms with Crippen LogP contribution in [0.15, 0.2) is 36.9 Å². The fraction of sp³-hybridized carbons (Fsp3) is 0.0909. The number of hydrogen-bond acceptors (Lipinski definition) is 3. The van der Waals surface area contributed by atoms with Crippen molar-refractivity contribution in [3.05, 3.63) is 47.6 Å². The number of halogens is 1. The van der Waals surface area contributed by atoms with Gasteiger partial charge in [-0.05, 0) is 29.7 Å². The summed E-state index contributed by atoms with van der Waals surface area (Å²) in [6.07, 6.45) is 1.72. The molecule has 4 heteroatoms. The second-order valence-electron chi connectivity index (χ2n) is 3.21. The van der Waals surface area contributed by atoms with E-state index in [4.69, 9.17) is 5.84 Å². The van der Waals surface area contributed by atoms with Gasteiger partial charge < -0.3 is 0 Å². The molecule has 15 heavy (non-hydrogen) atoms. The maximum absolute atomic E-state index is 13.0. The van der Waals surface area contributed by atoms with Crippen molar-refractivity contribution in [1.29, 1.82) is 0 Å². The number of fused-ring (bicyclic) bond motifs is 1. The van der Waals surface area contributed by atoms with E-state index in [2.05, 4.69) is 12.0 Å². The molecule has 0 aliphatic carbocycles. The molecule has 0 fully saturated rings. The summed E-state index contributed by atoms with van der Waals surface area (Å²) in [4.78, 5) is 1.04. The van der Waals surface area contributed by atoms with Gasteiger partial charge in [-0.15, -0.1) is 17.9 Å². The lowest BCUT2D eigenvalue weighted by Crippen LogP contribution is -2.25. The highest BCUT2D eigenvalue weighted by molar-refractivity contribution is 7.19. The van der Waals surface area contributed by atoms with E-state index in [-0.39, 0.29) is 11.9 Å². The van der Waals surface area contributed by atoms with Crippen LogP contribution in [0.4, 0.5) is 4.39 Å². The molecule has 1 atom stereocenters. The van der Waals surface area contributed by atoms with Crippen molar-refractivity contribution < 1.29 is 4.39 Å². The van der Waals surface area contributed by atoms with Crippen LogP contribution in [0.1, 0.15) is 10.9 Å². The molecular weight excluding hydrogens is 211 g/mol.